The first-order chi connectivity index (χ1) is 17.5. The molecule has 1 aromatic carbocycles. The van der Waals surface area contributed by atoms with E-state index in [0.717, 1.165) is 53.0 Å². The summed E-state index contributed by atoms with van der Waals surface area (Å²) in [5, 5.41) is 1.33. The number of aryl methyl sites for hydroxylation is 3. The SMILES string of the molecule is COCCn1c(C)cc(C(=O)CSc2nc3sc4c(c3c(=O)n2-c2ccccc2)CCCCC4)c1C. The van der Waals surface area contributed by atoms with Crippen molar-refractivity contribution in [1.29, 1.82) is 0 Å². The highest BCUT2D eigenvalue weighted by Gasteiger charge is 2.23. The van der Waals surface area contributed by atoms with Crippen molar-refractivity contribution in [2.75, 3.05) is 19.5 Å². The van der Waals surface area contributed by atoms with Crippen molar-refractivity contribution in [1.82, 2.24) is 14.1 Å². The fourth-order valence-electron chi connectivity index (χ4n) is 5.08. The number of thioether (sulfide) groups is 1. The molecular formula is C28H31N3O3S2. The number of rotatable bonds is 8. The summed E-state index contributed by atoms with van der Waals surface area (Å²) in [6.07, 6.45) is 5.42. The number of ether oxygens (including phenoxy) is 1. The van der Waals surface area contributed by atoms with Crippen LogP contribution in [0.15, 0.2) is 46.3 Å². The van der Waals surface area contributed by atoms with Gasteiger partial charge in [-0.1, -0.05) is 36.4 Å². The molecule has 6 nitrogen and oxygen atoms in total. The van der Waals surface area contributed by atoms with Gasteiger partial charge >= 0.3 is 0 Å². The van der Waals surface area contributed by atoms with Crippen molar-refractivity contribution in [3.63, 3.8) is 0 Å². The molecule has 0 fully saturated rings. The molecule has 0 spiro atoms. The Hall–Kier alpha value is -2.68. The summed E-state index contributed by atoms with van der Waals surface area (Å²) in [5.41, 5.74) is 4.63. The molecule has 188 valence electrons. The summed E-state index contributed by atoms with van der Waals surface area (Å²) in [5.74, 6) is 0.248. The number of aromatic nitrogens is 3. The molecule has 5 rings (SSSR count). The molecule has 0 saturated carbocycles. The molecule has 3 aromatic heterocycles. The van der Waals surface area contributed by atoms with Crippen molar-refractivity contribution in [3.05, 3.63) is 74.1 Å². The number of fused-ring (bicyclic) bond motifs is 3. The number of para-hydroxylation sites is 1. The monoisotopic (exact) mass is 521 g/mol. The first-order valence-electron chi connectivity index (χ1n) is 12.4. The first-order valence-corrected chi connectivity index (χ1v) is 14.2. The summed E-state index contributed by atoms with van der Waals surface area (Å²) < 4.78 is 9.03. The van der Waals surface area contributed by atoms with Gasteiger partial charge in [0.2, 0.25) is 0 Å². The fraction of sp³-hybridized carbons (Fsp3) is 0.393. The van der Waals surface area contributed by atoms with Crippen molar-refractivity contribution in [2.45, 2.75) is 57.7 Å². The predicted octanol–water partition coefficient (Wildman–Crippen LogP) is 5.76. The number of nitrogens with zero attached hydrogens (tertiary/aromatic N) is 3. The summed E-state index contributed by atoms with van der Waals surface area (Å²) in [4.78, 5) is 34.3. The smallest absolute Gasteiger partial charge is 0.267 e. The molecule has 1 aliphatic carbocycles. The number of benzene rings is 1. The quantitative estimate of drug-likeness (QED) is 0.128. The highest BCUT2D eigenvalue weighted by atomic mass is 32.2. The fourth-order valence-corrected chi connectivity index (χ4v) is 7.28. The van der Waals surface area contributed by atoms with Gasteiger partial charge in [-0.05, 0) is 63.3 Å². The van der Waals surface area contributed by atoms with Crippen molar-refractivity contribution >= 4 is 39.1 Å². The van der Waals surface area contributed by atoms with E-state index in [2.05, 4.69) is 4.57 Å². The minimum Gasteiger partial charge on any atom is -0.383 e. The third-order valence-corrected chi connectivity index (χ3v) is 9.07. The van der Waals surface area contributed by atoms with E-state index in [-0.39, 0.29) is 17.1 Å². The maximum atomic E-state index is 13.9. The minimum atomic E-state index is -0.0294. The van der Waals surface area contributed by atoms with E-state index in [1.165, 1.54) is 28.6 Å². The van der Waals surface area contributed by atoms with Crippen LogP contribution < -0.4 is 5.56 Å². The zero-order valence-electron chi connectivity index (χ0n) is 21.0. The molecule has 1 aliphatic rings. The van der Waals surface area contributed by atoms with E-state index in [1.54, 1.807) is 23.0 Å². The van der Waals surface area contributed by atoms with Gasteiger partial charge in [-0.15, -0.1) is 11.3 Å². The van der Waals surface area contributed by atoms with Crippen LogP contribution in [0.25, 0.3) is 15.9 Å². The number of hydrogen-bond acceptors (Lipinski definition) is 6. The maximum absolute atomic E-state index is 13.9. The third-order valence-electron chi connectivity index (χ3n) is 6.95. The molecule has 8 heteroatoms. The topological polar surface area (TPSA) is 66.1 Å². The second kappa shape index (κ2) is 10.7. The van der Waals surface area contributed by atoms with Gasteiger partial charge in [0.25, 0.3) is 5.56 Å². The maximum Gasteiger partial charge on any atom is 0.267 e. The lowest BCUT2D eigenvalue weighted by Crippen LogP contribution is -2.22. The van der Waals surface area contributed by atoms with Crippen LogP contribution in [0.1, 0.15) is 51.4 Å². The van der Waals surface area contributed by atoms with Crippen LogP contribution in [0.3, 0.4) is 0 Å². The van der Waals surface area contributed by atoms with Crippen molar-refractivity contribution in [3.8, 4) is 5.69 Å². The molecule has 0 atom stereocenters. The van der Waals surface area contributed by atoms with Crippen LogP contribution in [-0.4, -0.2) is 39.4 Å². The lowest BCUT2D eigenvalue weighted by Gasteiger charge is -2.12. The molecule has 3 heterocycles. The van der Waals surface area contributed by atoms with Gasteiger partial charge in [0.05, 0.1) is 23.4 Å². The Kier molecular flexibility index (Phi) is 7.46. The van der Waals surface area contributed by atoms with Crippen LogP contribution >= 0.6 is 23.1 Å². The van der Waals surface area contributed by atoms with E-state index < -0.39 is 0 Å². The number of thiophene rings is 1. The summed E-state index contributed by atoms with van der Waals surface area (Å²) in [7, 11) is 1.68. The van der Waals surface area contributed by atoms with Crippen LogP contribution in [0, 0.1) is 13.8 Å². The Morgan fingerprint density at radius 1 is 1.14 bits per heavy atom. The van der Waals surface area contributed by atoms with Gasteiger partial charge in [0, 0.05) is 35.5 Å². The molecular weight excluding hydrogens is 490 g/mol. The summed E-state index contributed by atoms with van der Waals surface area (Å²) >= 11 is 2.99. The lowest BCUT2D eigenvalue weighted by molar-refractivity contribution is 0.102. The van der Waals surface area contributed by atoms with Gasteiger partial charge in [0.15, 0.2) is 10.9 Å². The average Bonchev–Trinajstić information content (AvgIpc) is 3.27. The molecule has 0 saturated heterocycles. The predicted molar refractivity (Wildman–Crippen MR) is 147 cm³/mol. The standard InChI is InChI=1S/C28H31N3O3S2/c1-18-16-22(19(2)30(18)14-15-34-3)23(32)17-35-28-29-26-25(21-12-8-5-9-13-24(21)36-26)27(33)31(28)20-10-6-4-7-11-20/h4,6-7,10-11,16H,5,8-9,12-15,17H2,1-3H3. The van der Waals surface area contributed by atoms with Gasteiger partial charge < -0.3 is 9.30 Å². The Bertz CT molecular complexity index is 1470. The number of carbonyl (C=O) groups is 1. The number of Topliss-reactive ketones (excluding diaryl/α,β-unsaturated/α-hetero) is 1. The molecule has 0 radical (unpaired) electrons. The summed E-state index contributed by atoms with van der Waals surface area (Å²) in [6.45, 7) is 5.29. The molecule has 0 N–H and O–H groups in total. The van der Waals surface area contributed by atoms with Crippen LogP contribution in [-0.2, 0) is 24.1 Å². The van der Waals surface area contributed by atoms with Gasteiger partial charge in [-0.3, -0.25) is 14.2 Å². The van der Waals surface area contributed by atoms with Crippen LogP contribution in [0.2, 0.25) is 0 Å². The van der Waals surface area contributed by atoms with Crippen LogP contribution in [0.5, 0.6) is 0 Å². The number of methoxy groups -OCH3 is 1. The second-order valence-electron chi connectivity index (χ2n) is 9.26. The van der Waals surface area contributed by atoms with E-state index in [1.807, 2.05) is 50.2 Å². The zero-order chi connectivity index (χ0) is 25.2. The Morgan fingerprint density at radius 2 is 1.92 bits per heavy atom. The van der Waals surface area contributed by atoms with Crippen molar-refractivity contribution < 1.29 is 9.53 Å². The van der Waals surface area contributed by atoms with Gasteiger partial charge in [-0.2, -0.15) is 0 Å². The second-order valence-corrected chi connectivity index (χ2v) is 11.3. The number of hydrogen-bond donors (Lipinski definition) is 0. The summed E-state index contributed by atoms with van der Waals surface area (Å²) in [6, 6.07) is 11.6. The Morgan fingerprint density at radius 3 is 2.69 bits per heavy atom. The molecule has 0 amide bonds. The lowest BCUT2D eigenvalue weighted by atomic mass is 10.1. The Labute approximate surface area is 219 Å². The molecule has 36 heavy (non-hydrogen) atoms. The number of carbonyl (C=O) groups excluding carboxylic acids is 1. The Balaban J connectivity index is 1.52. The largest absolute Gasteiger partial charge is 0.383 e. The van der Waals surface area contributed by atoms with Gasteiger partial charge in [0.1, 0.15) is 4.83 Å². The van der Waals surface area contributed by atoms with E-state index >= 15 is 0 Å². The third kappa shape index (κ3) is 4.69. The minimum absolute atomic E-state index is 0.0294. The highest BCUT2D eigenvalue weighted by molar-refractivity contribution is 7.99. The molecule has 0 bridgehead atoms. The van der Waals surface area contributed by atoms with E-state index in [0.29, 0.717) is 23.9 Å². The molecule has 0 unspecified atom stereocenters. The van der Waals surface area contributed by atoms with Gasteiger partial charge in [-0.25, -0.2) is 4.98 Å². The van der Waals surface area contributed by atoms with E-state index in [4.69, 9.17) is 9.72 Å². The molecule has 4 aromatic rings. The highest BCUT2D eigenvalue weighted by Crippen LogP contribution is 2.35. The van der Waals surface area contributed by atoms with E-state index in [9.17, 15) is 9.59 Å². The number of ketones is 1. The normalized spacial score (nSPS) is 13.6. The van der Waals surface area contributed by atoms with Crippen LogP contribution in [0.4, 0.5) is 0 Å². The molecule has 0 aliphatic heterocycles. The first kappa shape index (κ1) is 25.0. The zero-order valence-corrected chi connectivity index (χ0v) is 22.6. The average molecular weight is 522 g/mol. The van der Waals surface area contributed by atoms with Crippen molar-refractivity contribution in [2.24, 2.45) is 0 Å².